The number of hydrogen-bond acceptors (Lipinski definition) is 5. The molecule has 3 aliphatic carbocycles. The Kier molecular flexibility index (Phi) is 6.59. The van der Waals surface area contributed by atoms with E-state index in [1.807, 2.05) is 12.1 Å². The summed E-state index contributed by atoms with van der Waals surface area (Å²) >= 11 is 0. The van der Waals surface area contributed by atoms with Gasteiger partial charge in [0.2, 0.25) is 0 Å². The van der Waals surface area contributed by atoms with Gasteiger partial charge in [-0.25, -0.2) is 14.5 Å². The lowest BCUT2D eigenvalue weighted by Crippen LogP contribution is -2.42. The van der Waals surface area contributed by atoms with E-state index in [0.29, 0.717) is 19.2 Å². The smallest absolute Gasteiger partial charge is 0.319 e. The van der Waals surface area contributed by atoms with Gasteiger partial charge in [-0.1, -0.05) is 38.3 Å². The molecule has 200 valence electrons. The Balaban J connectivity index is 1.19. The molecule has 0 spiro atoms. The van der Waals surface area contributed by atoms with Crippen LogP contribution in [0.3, 0.4) is 0 Å². The number of nitrogens with two attached hydrogens (primary N) is 1. The van der Waals surface area contributed by atoms with Crippen molar-refractivity contribution < 1.29 is 9.53 Å². The van der Waals surface area contributed by atoms with Crippen molar-refractivity contribution in [2.75, 3.05) is 12.3 Å². The van der Waals surface area contributed by atoms with Gasteiger partial charge in [-0.05, 0) is 50.3 Å². The van der Waals surface area contributed by atoms with Crippen molar-refractivity contribution in [3.05, 3.63) is 60.5 Å². The van der Waals surface area contributed by atoms with Crippen molar-refractivity contribution in [2.45, 2.75) is 82.3 Å². The molecule has 2 fully saturated rings. The molecule has 1 unspecified atom stereocenters. The van der Waals surface area contributed by atoms with E-state index in [1.54, 1.807) is 11.0 Å². The molecular formula is C29H37N7O2. The number of ether oxygens (including phenoxy) is 1. The fraction of sp³-hybridized carbons (Fsp3) is 0.483. The Morgan fingerprint density at radius 2 is 2.05 bits per heavy atom. The van der Waals surface area contributed by atoms with Gasteiger partial charge >= 0.3 is 6.03 Å². The van der Waals surface area contributed by atoms with Crippen LogP contribution < -0.4 is 21.1 Å². The first-order valence-electron chi connectivity index (χ1n) is 13.9. The summed E-state index contributed by atoms with van der Waals surface area (Å²) in [5.74, 6) is 0.822. The number of carbonyl (C=O) groups is 1. The molecule has 1 atom stereocenters. The van der Waals surface area contributed by atoms with Crippen LogP contribution in [0.25, 0.3) is 10.9 Å². The largest absolute Gasteiger partial charge is 0.492 e. The standard InChI is InChI=1S/C29H37N7O2/c1-29(13-11-21(12-14-29)34-28(37)33-20-5-3-2-4-6-20)27-26(30)24-10-9-23(17-25(24)36(27)22-7-8-22)38-16-15-35-19-31-18-32-35/h9-13,17-20,22H,2-8,14-16,30H2,1H3,(H2,33,34,37). The monoisotopic (exact) mass is 515 g/mol. The molecule has 2 aromatic heterocycles. The van der Waals surface area contributed by atoms with Gasteiger partial charge in [0.1, 0.15) is 25.0 Å². The first-order valence-corrected chi connectivity index (χ1v) is 13.9. The van der Waals surface area contributed by atoms with Crippen molar-refractivity contribution in [1.82, 2.24) is 30.0 Å². The quantitative estimate of drug-likeness (QED) is 0.392. The third-order valence-electron chi connectivity index (χ3n) is 8.10. The predicted molar refractivity (Wildman–Crippen MR) is 148 cm³/mol. The highest BCUT2D eigenvalue weighted by atomic mass is 16.5. The number of fused-ring (bicyclic) bond motifs is 1. The van der Waals surface area contributed by atoms with Crippen LogP contribution in [-0.4, -0.2) is 38.0 Å². The summed E-state index contributed by atoms with van der Waals surface area (Å²) < 4.78 is 10.2. The number of nitrogen functional groups attached to an aromatic ring is 1. The Labute approximate surface area is 223 Å². The summed E-state index contributed by atoms with van der Waals surface area (Å²) in [5, 5.41) is 11.4. The maximum atomic E-state index is 12.6. The summed E-state index contributed by atoms with van der Waals surface area (Å²) in [7, 11) is 0. The SMILES string of the molecule is CC1(c2c(N)c3ccc(OCCn4cncn4)cc3n2C2CC2)C=CC(NC(=O)NC2CCCCC2)=CC1. The molecule has 0 aliphatic heterocycles. The Hall–Kier alpha value is -3.75. The van der Waals surface area contributed by atoms with E-state index in [4.69, 9.17) is 10.5 Å². The number of hydrogen-bond donors (Lipinski definition) is 3. The fourth-order valence-electron chi connectivity index (χ4n) is 5.91. The molecule has 1 aromatic carbocycles. The summed E-state index contributed by atoms with van der Waals surface area (Å²) in [6, 6.07) is 6.81. The van der Waals surface area contributed by atoms with Crippen LogP contribution in [0.2, 0.25) is 0 Å². The molecule has 9 heteroatoms. The van der Waals surface area contributed by atoms with Gasteiger partial charge in [0, 0.05) is 34.6 Å². The maximum absolute atomic E-state index is 12.6. The molecular weight excluding hydrogens is 478 g/mol. The highest BCUT2D eigenvalue weighted by molar-refractivity contribution is 5.96. The minimum absolute atomic E-state index is 0.112. The Bertz CT molecular complexity index is 1360. The van der Waals surface area contributed by atoms with E-state index in [-0.39, 0.29) is 17.5 Å². The fourth-order valence-corrected chi connectivity index (χ4v) is 5.91. The van der Waals surface area contributed by atoms with Gasteiger partial charge < -0.3 is 25.7 Å². The molecule has 9 nitrogen and oxygen atoms in total. The van der Waals surface area contributed by atoms with Gasteiger partial charge in [-0.15, -0.1) is 0 Å². The number of aromatic nitrogens is 4. The third kappa shape index (κ3) is 5.01. The zero-order valence-corrected chi connectivity index (χ0v) is 22.0. The van der Waals surface area contributed by atoms with Crippen LogP contribution in [0.4, 0.5) is 10.5 Å². The second kappa shape index (κ2) is 10.2. The molecule has 2 amide bonds. The number of amides is 2. The summed E-state index contributed by atoms with van der Waals surface area (Å²) in [5.41, 5.74) is 10.5. The summed E-state index contributed by atoms with van der Waals surface area (Å²) in [6.07, 6.45) is 18.4. The van der Waals surface area contributed by atoms with Crippen LogP contribution >= 0.6 is 0 Å². The van der Waals surface area contributed by atoms with Crippen LogP contribution in [0.15, 0.2) is 54.8 Å². The number of rotatable bonds is 8. The number of anilines is 1. The van der Waals surface area contributed by atoms with E-state index in [0.717, 1.165) is 65.8 Å². The summed E-state index contributed by atoms with van der Waals surface area (Å²) in [6.45, 7) is 3.38. The molecule has 38 heavy (non-hydrogen) atoms. The highest BCUT2D eigenvalue weighted by Gasteiger charge is 2.37. The minimum Gasteiger partial charge on any atom is -0.492 e. The van der Waals surface area contributed by atoms with Gasteiger partial charge in [0.05, 0.1) is 23.4 Å². The number of nitrogens with one attached hydrogen (secondary N) is 2. The predicted octanol–water partition coefficient (Wildman–Crippen LogP) is 4.96. The highest BCUT2D eigenvalue weighted by Crippen LogP contribution is 2.48. The van der Waals surface area contributed by atoms with Gasteiger partial charge in [0.15, 0.2) is 0 Å². The zero-order chi connectivity index (χ0) is 26.1. The lowest BCUT2D eigenvalue weighted by Gasteiger charge is -2.31. The Morgan fingerprint density at radius 3 is 2.76 bits per heavy atom. The first-order chi connectivity index (χ1) is 18.5. The van der Waals surface area contributed by atoms with E-state index in [1.165, 1.54) is 25.6 Å². The second-order valence-corrected chi connectivity index (χ2v) is 11.1. The van der Waals surface area contributed by atoms with E-state index >= 15 is 0 Å². The normalized spacial score (nSPS) is 21.9. The van der Waals surface area contributed by atoms with Gasteiger partial charge in [-0.3, -0.25) is 0 Å². The third-order valence-corrected chi connectivity index (χ3v) is 8.10. The summed E-state index contributed by atoms with van der Waals surface area (Å²) in [4.78, 5) is 16.5. The average molecular weight is 516 g/mol. The van der Waals surface area contributed by atoms with Crippen molar-refractivity contribution in [3.63, 3.8) is 0 Å². The Morgan fingerprint density at radius 1 is 1.21 bits per heavy atom. The molecule has 6 rings (SSSR count). The molecule has 2 saturated carbocycles. The lowest BCUT2D eigenvalue weighted by atomic mass is 9.79. The molecule has 3 aliphatic rings. The number of urea groups is 1. The average Bonchev–Trinajstić information content (AvgIpc) is 3.54. The lowest BCUT2D eigenvalue weighted by molar-refractivity contribution is 0.235. The van der Waals surface area contributed by atoms with E-state index in [2.05, 4.69) is 56.5 Å². The number of allylic oxidation sites excluding steroid dienone is 3. The maximum Gasteiger partial charge on any atom is 0.319 e. The van der Waals surface area contributed by atoms with E-state index in [9.17, 15) is 4.79 Å². The van der Waals surface area contributed by atoms with Crippen LogP contribution in [0.1, 0.15) is 70.0 Å². The zero-order valence-electron chi connectivity index (χ0n) is 22.0. The second-order valence-electron chi connectivity index (χ2n) is 11.1. The van der Waals surface area contributed by atoms with Crippen molar-refractivity contribution in [2.24, 2.45) is 0 Å². The minimum atomic E-state index is -0.273. The van der Waals surface area contributed by atoms with Gasteiger partial charge in [-0.2, -0.15) is 5.10 Å². The molecule has 2 heterocycles. The topological polar surface area (TPSA) is 112 Å². The van der Waals surface area contributed by atoms with E-state index < -0.39 is 0 Å². The van der Waals surface area contributed by atoms with Crippen LogP contribution in [0, 0.1) is 0 Å². The number of benzene rings is 1. The number of carbonyl (C=O) groups excluding carboxylic acids is 1. The number of nitrogens with zero attached hydrogens (tertiary/aromatic N) is 4. The molecule has 4 N–H and O–H groups in total. The van der Waals surface area contributed by atoms with Crippen molar-refractivity contribution >= 4 is 22.6 Å². The van der Waals surface area contributed by atoms with Crippen LogP contribution in [0.5, 0.6) is 5.75 Å². The van der Waals surface area contributed by atoms with Crippen molar-refractivity contribution in [1.29, 1.82) is 0 Å². The van der Waals surface area contributed by atoms with Crippen LogP contribution in [-0.2, 0) is 12.0 Å². The molecule has 0 radical (unpaired) electrons. The first kappa shape index (κ1) is 24.6. The van der Waals surface area contributed by atoms with Crippen molar-refractivity contribution in [3.8, 4) is 5.75 Å². The molecule has 3 aromatic rings. The molecule has 0 saturated heterocycles. The van der Waals surface area contributed by atoms with Gasteiger partial charge in [0.25, 0.3) is 0 Å². The molecule has 0 bridgehead atoms.